The molecule has 2 heterocycles. The second kappa shape index (κ2) is 7.69. The number of carbonyl (C=O) groups is 1. The minimum Gasteiger partial charge on any atom is -0.353 e. The third-order valence-corrected chi connectivity index (χ3v) is 5.68. The third kappa shape index (κ3) is 3.83. The van der Waals surface area contributed by atoms with Crippen molar-refractivity contribution in [2.45, 2.75) is 44.2 Å². The number of nitrogens with zero attached hydrogens (tertiary/aromatic N) is 2. The number of halogens is 2. The molecule has 0 atom stereocenters. The molecule has 2 aliphatic heterocycles. The highest BCUT2D eigenvalue weighted by atomic mass is 35.5. The first-order chi connectivity index (χ1) is 13.1. The van der Waals surface area contributed by atoms with Gasteiger partial charge < -0.3 is 9.88 Å². The Morgan fingerprint density at radius 2 is 2.00 bits per heavy atom. The topological polar surface area (TPSA) is 46.9 Å². The number of benzene rings is 1. The molecule has 1 amide bonds. The maximum atomic E-state index is 13.9. The van der Waals surface area contributed by atoms with E-state index < -0.39 is 5.82 Å². The first kappa shape index (κ1) is 18.0. The maximum absolute atomic E-state index is 13.9. The molecule has 1 aromatic rings. The Balaban J connectivity index is 1.34. The van der Waals surface area contributed by atoms with Crippen molar-refractivity contribution >= 4 is 17.5 Å². The second-order valence-electron chi connectivity index (χ2n) is 7.09. The molecule has 6 heteroatoms. The molecular formula is C21H21ClFN3O. The van der Waals surface area contributed by atoms with Crippen molar-refractivity contribution in [3.05, 3.63) is 65.2 Å². The van der Waals surface area contributed by atoms with Gasteiger partial charge in [0.15, 0.2) is 0 Å². The van der Waals surface area contributed by atoms with E-state index in [9.17, 15) is 9.18 Å². The van der Waals surface area contributed by atoms with Crippen LogP contribution in [0, 0.1) is 5.82 Å². The Hall–Kier alpha value is -2.40. The maximum Gasteiger partial charge on any atom is 0.224 e. The molecule has 0 unspecified atom stereocenters. The zero-order chi connectivity index (χ0) is 18.8. The van der Waals surface area contributed by atoms with E-state index in [1.165, 1.54) is 6.07 Å². The van der Waals surface area contributed by atoms with Gasteiger partial charge in [-0.05, 0) is 56.0 Å². The van der Waals surface area contributed by atoms with Gasteiger partial charge in [-0.3, -0.25) is 4.79 Å². The lowest BCUT2D eigenvalue weighted by atomic mass is 9.90. The van der Waals surface area contributed by atoms with Crippen molar-refractivity contribution in [1.82, 2.24) is 14.9 Å². The number of nitrogens with one attached hydrogen (secondary N) is 1. The summed E-state index contributed by atoms with van der Waals surface area (Å²) in [6.07, 6.45) is 7.62. The summed E-state index contributed by atoms with van der Waals surface area (Å²) >= 11 is 6.01. The van der Waals surface area contributed by atoms with E-state index in [-0.39, 0.29) is 23.9 Å². The van der Waals surface area contributed by atoms with Crippen LogP contribution >= 0.6 is 11.6 Å². The Labute approximate surface area is 162 Å². The van der Waals surface area contributed by atoms with E-state index in [2.05, 4.69) is 33.2 Å². The molecule has 0 aromatic heterocycles. The molecular weight excluding hydrogens is 365 g/mol. The molecule has 0 bridgehead atoms. The van der Waals surface area contributed by atoms with Crippen molar-refractivity contribution < 1.29 is 9.18 Å². The summed E-state index contributed by atoms with van der Waals surface area (Å²) in [4.78, 5) is 16.8. The molecule has 1 fully saturated rings. The number of aromatic nitrogens is 2. The van der Waals surface area contributed by atoms with E-state index >= 15 is 0 Å². The summed E-state index contributed by atoms with van der Waals surface area (Å²) < 4.78 is 16.1. The lowest BCUT2D eigenvalue weighted by Crippen LogP contribution is -2.39. The average Bonchev–Trinajstić information content (AvgIpc) is 3.14. The Morgan fingerprint density at radius 1 is 1.19 bits per heavy atom. The average molecular weight is 386 g/mol. The van der Waals surface area contributed by atoms with E-state index in [1.54, 1.807) is 12.1 Å². The van der Waals surface area contributed by atoms with E-state index in [4.69, 9.17) is 11.6 Å². The molecule has 4 rings (SSSR count). The summed E-state index contributed by atoms with van der Waals surface area (Å²) in [6, 6.07) is 11.1. The largest absolute Gasteiger partial charge is 0.353 e. The second-order valence-corrected chi connectivity index (χ2v) is 7.50. The van der Waals surface area contributed by atoms with Gasteiger partial charge in [0.2, 0.25) is 5.91 Å². The Bertz CT molecular complexity index is 897. The molecule has 3 aliphatic rings. The number of pyridine rings is 1. The fourth-order valence-corrected chi connectivity index (χ4v) is 4.16. The predicted octanol–water partition coefficient (Wildman–Crippen LogP) is 4.62. The Kier molecular flexibility index (Phi) is 5.12. The lowest BCUT2D eigenvalue weighted by Gasteiger charge is -2.31. The van der Waals surface area contributed by atoms with Gasteiger partial charge in [0, 0.05) is 40.6 Å². The standard InChI is InChI=1S/C21H21ClFN3O/c22-18-4-1-5-19(23)17(18)13-20(27)25-15-6-8-16(9-7-15)26-12-2-3-14-10-11-24-21(14)26/h1-5,10-12,15-16H,6-9,13H2,(H,25,27). The van der Waals surface area contributed by atoms with Gasteiger partial charge in [-0.1, -0.05) is 17.7 Å². The normalized spacial score (nSPS) is 19.9. The number of carbonyl (C=O) groups excluding carboxylic acids is 1. The number of hydrogen-bond donors (Lipinski definition) is 1. The van der Waals surface area contributed by atoms with Crippen LogP contribution < -0.4 is 5.32 Å². The van der Waals surface area contributed by atoms with Crippen LogP contribution in [0.5, 0.6) is 0 Å². The zero-order valence-electron chi connectivity index (χ0n) is 14.9. The monoisotopic (exact) mass is 385 g/mol. The van der Waals surface area contributed by atoms with E-state index in [0.717, 1.165) is 37.1 Å². The molecule has 1 N–H and O–H groups in total. The summed E-state index contributed by atoms with van der Waals surface area (Å²) in [5, 5.41) is 3.33. The molecule has 0 spiro atoms. The molecule has 4 nitrogen and oxygen atoms in total. The minimum absolute atomic E-state index is 0.0308. The first-order valence-electron chi connectivity index (χ1n) is 9.25. The highest BCUT2D eigenvalue weighted by molar-refractivity contribution is 6.31. The summed E-state index contributed by atoms with van der Waals surface area (Å²) in [5.41, 5.74) is 1.41. The van der Waals surface area contributed by atoms with E-state index in [1.807, 2.05) is 12.3 Å². The van der Waals surface area contributed by atoms with Gasteiger partial charge in [0.25, 0.3) is 0 Å². The molecule has 140 valence electrons. The highest BCUT2D eigenvalue weighted by Crippen LogP contribution is 2.32. The van der Waals surface area contributed by atoms with Crippen LogP contribution in [0.3, 0.4) is 0 Å². The third-order valence-electron chi connectivity index (χ3n) is 5.33. The number of amides is 1. The number of rotatable bonds is 4. The van der Waals surface area contributed by atoms with Gasteiger partial charge in [0.05, 0.1) is 6.42 Å². The van der Waals surface area contributed by atoms with Gasteiger partial charge in [0.1, 0.15) is 11.6 Å². The molecule has 1 aliphatic carbocycles. The van der Waals surface area contributed by atoms with Gasteiger partial charge >= 0.3 is 0 Å². The Morgan fingerprint density at radius 3 is 2.78 bits per heavy atom. The summed E-state index contributed by atoms with van der Waals surface area (Å²) in [6.45, 7) is 0. The highest BCUT2D eigenvalue weighted by Gasteiger charge is 2.25. The van der Waals surface area contributed by atoms with Crippen LogP contribution in [-0.2, 0) is 11.2 Å². The molecule has 1 aromatic carbocycles. The SMILES string of the molecule is O=C(Cc1c(F)cccc1Cl)NC1CCC(n2cccc3ccnc2-3)CC1. The minimum atomic E-state index is -0.437. The van der Waals surface area contributed by atoms with Gasteiger partial charge in [-0.15, -0.1) is 0 Å². The number of hydrogen-bond acceptors (Lipinski definition) is 2. The van der Waals surface area contributed by atoms with Gasteiger partial charge in [-0.25, -0.2) is 9.37 Å². The first-order valence-corrected chi connectivity index (χ1v) is 9.63. The fourth-order valence-electron chi connectivity index (χ4n) is 3.93. The van der Waals surface area contributed by atoms with Gasteiger partial charge in [-0.2, -0.15) is 0 Å². The van der Waals surface area contributed by atoms with Crippen molar-refractivity contribution in [1.29, 1.82) is 0 Å². The van der Waals surface area contributed by atoms with Crippen molar-refractivity contribution in [2.24, 2.45) is 0 Å². The fraction of sp³-hybridized carbons (Fsp3) is 0.333. The van der Waals surface area contributed by atoms with Crippen LogP contribution in [0.25, 0.3) is 11.4 Å². The summed E-state index contributed by atoms with van der Waals surface area (Å²) in [7, 11) is 0. The van der Waals surface area contributed by atoms with Crippen molar-refractivity contribution in [2.75, 3.05) is 0 Å². The smallest absolute Gasteiger partial charge is 0.224 e. The lowest BCUT2D eigenvalue weighted by molar-refractivity contribution is -0.121. The van der Waals surface area contributed by atoms with E-state index in [0.29, 0.717) is 11.1 Å². The van der Waals surface area contributed by atoms with Crippen LogP contribution in [0.2, 0.25) is 5.02 Å². The predicted molar refractivity (Wildman–Crippen MR) is 103 cm³/mol. The number of fused-ring (bicyclic) bond motifs is 1. The van der Waals surface area contributed by atoms with Crippen LogP contribution in [-0.4, -0.2) is 21.5 Å². The quantitative estimate of drug-likeness (QED) is 0.712. The van der Waals surface area contributed by atoms with Crippen LogP contribution in [0.4, 0.5) is 4.39 Å². The molecule has 0 radical (unpaired) electrons. The van der Waals surface area contributed by atoms with Crippen molar-refractivity contribution in [3.63, 3.8) is 0 Å². The molecule has 27 heavy (non-hydrogen) atoms. The molecule has 0 saturated heterocycles. The zero-order valence-corrected chi connectivity index (χ0v) is 15.6. The van der Waals surface area contributed by atoms with Crippen LogP contribution in [0.15, 0.2) is 48.8 Å². The molecule has 1 saturated carbocycles. The summed E-state index contributed by atoms with van der Waals surface area (Å²) in [5.74, 6) is 0.394. The van der Waals surface area contributed by atoms with Crippen molar-refractivity contribution in [3.8, 4) is 11.4 Å². The van der Waals surface area contributed by atoms with Crippen LogP contribution in [0.1, 0.15) is 37.3 Å².